The van der Waals surface area contributed by atoms with Gasteiger partial charge in [0, 0.05) is 11.8 Å². The predicted octanol–water partition coefficient (Wildman–Crippen LogP) is 0.00422. The molecule has 0 aliphatic rings. The summed E-state index contributed by atoms with van der Waals surface area (Å²) in [7, 11) is 0. The number of aromatic amines is 1. The maximum atomic E-state index is 10.6. The van der Waals surface area contributed by atoms with Gasteiger partial charge in [-0.25, -0.2) is 0 Å². The normalized spacial score (nSPS) is 9.70. The molecular formula is C6H9N3O. The number of amides is 1. The topological polar surface area (TPSA) is 84.9 Å². The van der Waals surface area contributed by atoms with Crippen LogP contribution in [-0.4, -0.2) is 10.9 Å². The average Bonchev–Trinajstić information content (AvgIpc) is 2.14. The maximum Gasteiger partial charge on any atom is 0.265 e. The third-order valence-corrected chi connectivity index (χ3v) is 1.43. The average molecular weight is 139 g/mol. The highest BCUT2D eigenvalue weighted by Crippen LogP contribution is 2.12. The minimum absolute atomic E-state index is 0.387. The predicted molar refractivity (Wildman–Crippen MR) is 38.5 cm³/mol. The van der Waals surface area contributed by atoms with Gasteiger partial charge in [-0.2, -0.15) is 0 Å². The number of rotatable bonds is 1. The lowest BCUT2D eigenvalue weighted by Crippen LogP contribution is -2.12. The zero-order valence-corrected chi connectivity index (χ0v) is 5.64. The Morgan fingerprint density at radius 1 is 1.70 bits per heavy atom. The zero-order chi connectivity index (χ0) is 7.72. The number of H-pyrrole nitrogens is 1. The van der Waals surface area contributed by atoms with Crippen LogP contribution in [-0.2, 0) is 0 Å². The van der Waals surface area contributed by atoms with Crippen molar-refractivity contribution < 1.29 is 4.79 Å². The van der Waals surface area contributed by atoms with Gasteiger partial charge in [-0.1, -0.05) is 0 Å². The summed E-state index contributed by atoms with van der Waals surface area (Å²) in [5.74, 6) is -0.478. The summed E-state index contributed by atoms with van der Waals surface area (Å²) in [4.78, 5) is 13.2. The Bertz CT molecular complexity index is 264. The number of hydrogen-bond donors (Lipinski definition) is 3. The van der Waals surface area contributed by atoms with Crippen molar-refractivity contribution in [3.8, 4) is 0 Å². The molecule has 0 saturated carbocycles. The highest BCUT2D eigenvalue weighted by Gasteiger charge is 2.07. The van der Waals surface area contributed by atoms with Crippen molar-refractivity contribution in [3.05, 3.63) is 17.5 Å². The van der Waals surface area contributed by atoms with Crippen LogP contribution >= 0.6 is 0 Å². The summed E-state index contributed by atoms with van der Waals surface area (Å²) in [6.45, 7) is 1.74. The quantitative estimate of drug-likeness (QED) is 0.511. The van der Waals surface area contributed by atoms with Crippen molar-refractivity contribution in [2.24, 2.45) is 5.73 Å². The molecule has 1 rings (SSSR count). The zero-order valence-electron chi connectivity index (χ0n) is 5.64. The minimum Gasteiger partial charge on any atom is -0.397 e. The standard InChI is InChI=1S/C6H9N3O/c1-3-4(7)2-9-5(3)6(8)10/h2,9H,7H2,1H3,(H2,8,10). The van der Waals surface area contributed by atoms with Crippen LogP contribution in [0.2, 0.25) is 0 Å². The van der Waals surface area contributed by atoms with Gasteiger partial charge >= 0.3 is 0 Å². The van der Waals surface area contributed by atoms with E-state index in [9.17, 15) is 4.79 Å². The SMILES string of the molecule is Cc1c(N)c[nH]c1C(N)=O. The molecular weight excluding hydrogens is 130 g/mol. The summed E-state index contributed by atoms with van der Waals surface area (Å²) in [5.41, 5.74) is 12.1. The lowest BCUT2D eigenvalue weighted by Gasteiger charge is -1.91. The molecule has 0 unspecified atom stereocenters. The molecule has 0 aliphatic heterocycles. The Labute approximate surface area is 58.2 Å². The van der Waals surface area contributed by atoms with Gasteiger partial charge in [0.05, 0.1) is 5.69 Å². The van der Waals surface area contributed by atoms with E-state index in [2.05, 4.69) is 4.98 Å². The Balaban J connectivity index is 3.17. The summed E-state index contributed by atoms with van der Waals surface area (Å²) >= 11 is 0. The van der Waals surface area contributed by atoms with E-state index in [1.807, 2.05) is 0 Å². The van der Waals surface area contributed by atoms with E-state index in [1.54, 1.807) is 13.1 Å². The van der Waals surface area contributed by atoms with Crippen molar-refractivity contribution in [2.45, 2.75) is 6.92 Å². The second-order valence-corrected chi connectivity index (χ2v) is 2.11. The van der Waals surface area contributed by atoms with E-state index in [0.29, 0.717) is 16.9 Å². The first-order chi connectivity index (χ1) is 4.63. The van der Waals surface area contributed by atoms with Gasteiger partial charge < -0.3 is 16.5 Å². The Kier molecular flexibility index (Phi) is 1.37. The highest BCUT2D eigenvalue weighted by atomic mass is 16.1. The second kappa shape index (κ2) is 2.06. The van der Waals surface area contributed by atoms with Crippen molar-refractivity contribution >= 4 is 11.6 Å². The number of anilines is 1. The first-order valence-electron chi connectivity index (χ1n) is 2.86. The smallest absolute Gasteiger partial charge is 0.265 e. The van der Waals surface area contributed by atoms with Gasteiger partial charge in [0.1, 0.15) is 5.69 Å². The van der Waals surface area contributed by atoms with E-state index in [4.69, 9.17) is 11.5 Å². The fourth-order valence-corrected chi connectivity index (χ4v) is 0.767. The fourth-order valence-electron chi connectivity index (χ4n) is 0.767. The van der Waals surface area contributed by atoms with Crippen LogP contribution in [0.15, 0.2) is 6.20 Å². The van der Waals surface area contributed by atoms with Crippen LogP contribution in [0.1, 0.15) is 16.1 Å². The number of hydrogen-bond acceptors (Lipinski definition) is 2. The summed E-state index contributed by atoms with van der Waals surface area (Å²) in [6, 6.07) is 0. The minimum atomic E-state index is -0.478. The second-order valence-electron chi connectivity index (χ2n) is 2.11. The molecule has 10 heavy (non-hydrogen) atoms. The first-order valence-corrected chi connectivity index (χ1v) is 2.86. The maximum absolute atomic E-state index is 10.6. The molecule has 0 atom stereocenters. The largest absolute Gasteiger partial charge is 0.397 e. The van der Waals surface area contributed by atoms with Gasteiger partial charge in [-0.15, -0.1) is 0 Å². The first kappa shape index (κ1) is 6.67. The molecule has 5 N–H and O–H groups in total. The molecule has 0 saturated heterocycles. The fraction of sp³-hybridized carbons (Fsp3) is 0.167. The molecule has 4 heteroatoms. The lowest BCUT2D eigenvalue weighted by atomic mass is 10.2. The van der Waals surface area contributed by atoms with Crippen molar-refractivity contribution in [3.63, 3.8) is 0 Å². The van der Waals surface area contributed by atoms with E-state index in [-0.39, 0.29) is 0 Å². The summed E-state index contributed by atoms with van der Waals surface area (Å²) in [6.07, 6.45) is 1.55. The third kappa shape index (κ3) is 0.834. The van der Waals surface area contributed by atoms with Crippen LogP contribution in [0.3, 0.4) is 0 Å². The molecule has 0 aliphatic carbocycles. The molecule has 0 bridgehead atoms. The van der Waals surface area contributed by atoms with Gasteiger partial charge in [-0.05, 0) is 6.92 Å². The number of nitrogens with one attached hydrogen (secondary N) is 1. The highest BCUT2D eigenvalue weighted by molar-refractivity contribution is 5.93. The number of nitrogens with two attached hydrogens (primary N) is 2. The Hall–Kier alpha value is -1.45. The number of carbonyl (C=O) groups is 1. The Morgan fingerprint density at radius 3 is 2.50 bits per heavy atom. The van der Waals surface area contributed by atoms with Crippen molar-refractivity contribution in [1.82, 2.24) is 4.98 Å². The molecule has 4 nitrogen and oxygen atoms in total. The molecule has 0 radical (unpaired) electrons. The number of aromatic nitrogens is 1. The van der Waals surface area contributed by atoms with Crippen LogP contribution < -0.4 is 11.5 Å². The van der Waals surface area contributed by atoms with Crippen LogP contribution in [0.25, 0.3) is 0 Å². The van der Waals surface area contributed by atoms with Gasteiger partial charge in [-0.3, -0.25) is 4.79 Å². The van der Waals surface area contributed by atoms with E-state index in [1.165, 1.54) is 0 Å². The number of nitrogen functional groups attached to an aromatic ring is 1. The molecule has 1 heterocycles. The van der Waals surface area contributed by atoms with Crippen LogP contribution in [0.5, 0.6) is 0 Å². The summed E-state index contributed by atoms with van der Waals surface area (Å²) < 4.78 is 0. The molecule has 0 spiro atoms. The van der Waals surface area contributed by atoms with Gasteiger partial charge in [0.2, 0.25) is 0 Å². The Morgan fingerprint density at radius 2 is 2.30 bits per heavy atom. The summed E-state index contributed by atoms with van der Waals surface area (Å²) in [5, 5.41) is 0. The van der Waals surface area contributed by atoms with Gasteiger partial charge in [0.25, 0.3) is 5.91 Å². The monoisotopic (exact) mass is 139 g/mol. The molecule has 1 aromatic heterocycles. The molecule has 54 valence electrons. The van der Waals surface area contributed by atoms with Crippen molar-refractivity contribution in [2.75, 3.05) is 5.73 Å². The van der Waals surface area contributed by atoms with E-state index < -0.39 is 5.91 Å². The van der Waals surface area contributed by atoms with Crippen molar-refractivity contribution in [1.29, 1.82) is 0 Å². The molecule has 1 aromatic rings. The van der Waals surface area contributed by atoms with Gasteiger partial charge in [0.15, 0.2) is 0 Å². The number of carbonyl (C=O) groups excluding carboxylic acids is 1. The molecule has 0 fully saturated rings. The lowest BCUT2D eigenvalue weighted by molar-refractivity contribution is 0.0995. The van der Waals surface area contributed by atoms with E-state index in [0.717, 1.165) is 0 Å². The molecule has 1 amide bonds. The van der Waals surface area contributed by atoms with Crippen LogP contribution in [0.4, 0.5) is 5.69 Å². The van der Waals surface area contributed by atoms with E-state index >= 15 is 0 Å². The number of primary amides is 1. The third-order valence-electron chi connectivity index (χ3n) is 1.43. The molecule has 0 aromatic carbocycles. The van der Waals surface area contributed by atoms with Crippen LogP contribution in [0, 0.1) is 6.92 Å².